The zero-order valence-electron chi connectivity index (χ0n) is 11.1. The number of carbonyl (C=O) groups excluding carboxylic acids is 1. The summed E-state index contributed by atoms with van der Waals surface area (Å²) in [6.45, 7) is 4.94. The molecule has 0 radical (unpaired) electrons. The van der Waals surface area contributed by atoms with E-state index in [9.17, 15) is 4.79 Å². The minimum Gasteiger partial charge on any atom is -0.465 e. The third-order valence-electron chi connectivity index (χ3n) is 2.72. The van der Waals surface area contributed by atoms with Gasteiger partial charge in [-0.3, -0.25) is 0 Å². The van der Waals surface area contributed by atoms with Crippen LogP contribution >= 0.6 is 0 Å². The van der Waals surface area contributed by atoms with Gasteiger partial charge in [0.2, 0.25) is 0 Å². The minimum absolute atomic E-state index is 0.0301. The first-order chi connectivity index (χ1) is 8.48. The number of carbonyl (C=O) groups is 1. The number of aromatic nitrogens is 1. The molecule has 0 amide bonds. The van der Waals surface area contributed by atoms with Crippen molar-refractivity contribution in [3.05, 3.63) is 23.9 Å². The summed E-state index contributed by atoms with van der Waals surface area (Å²) in [4.78, 5) is 15.5. The van der Waals surface area contributed by atoms with E-state index in [1.807, 2.05) is 0 Å². The van der Waals surface area contributed by atoms with Gasteiger partial charge in [0.25, 0.3) is 0 Å². The van der Waals surface area contributed by atoms with Gasteiger partial charge in [-0.25, -0.2) is 9.78 Å². The maximum atomic E-state index is 11.4. The van der Waals surface area contributed by atoms with Gasteiger partial charge in [-0.15, -0.1) is 0 Å². The second-order valence-corrected chi connectivity index (χ2v) is 4.91. The van der Waals surface area contributed by atoms with Crippen molar-refractivity contribution < 1.29 is 14.6 Å². The summed E-state index contributed by atoms with van der Waals surface area (Å²) in [7, 11) is 1.35. The maximum Gasteiger partial charge on any atom is 0.338 e. The molecule has 18 heavy (non-hydrogen) atoms. The molecule has 0 aliphatic rings. The molecular weight excluding hydrogens is 232 g/mol. The molecule has 0 spiro atoms. The lowest BCUT2D eigenvalue weighted by atomic mass is 9.90. The zero-order valence-corrected chi connectivity index (χ0v) is 11.1. The summed E-state index contributed by atoms with van der Waals surface area (Å²) in [6, 6.07) is 3.26. The summed E-state index contributed by atoms with van der Waals surface area (Å²) in [5.41, 5.74) is 0.438. The highest BCUT2D eigenvalue weighted by atomic mass is 16.5. The van der Waals surface area contributed by atoms with Crippen LogP contribution in [0.2, 0.25) is 0 Å². The van der Waals surface area contributed by atoms with Gasteiger partial charge in [0.15, 0.2) is 0 Å². The Labute approximate surface area is 107 Å². The van der Waals surface area contributed by atoms with Crippen molar-refractivity contribution in [3.63, 3.8) is 0 Å². The fourth-order valence-corrected chi connectivity index (χ4v) is 1.49. The molecule has 0 aliphatic heterocycles. The summed E-state index contributed by atoms with van der Waals surface area (Å²) < 4.78 is 4.65. The average Bonchev–Trinajstić information content (AvgIpc) is 2.36. The van der Waals surface area contributed by atoms with Crippen LogP contribution in [0.25, 0.3) is 0 Å². The fraction of sp³-hybridized carbons (Fsp3) is 0.538. The van der Waals surface area contributed by atoms with Gasteiger partial charge in [-0.1, -0.05) is 13.8 Å². The molecule has 2 N–H and O–H groups in total. The summed E-state index contributed by atoms with van der Waals surface area (Å²) in [5, 5.41) is 12.1. The van der Waals surface area contributed by atoms with Crippen LogP contribution in [-0.2, 0) is 4.74 Å². The molecule has 0 fully saturated rings. The lowest BCUT2D eigenvalue weighted by molar-refractivity contribution is 0.0600. The number of hydrogen-bond donors (Lipinski definition) is 2. The molecule has 0 aliphatic carbocycles. The number of hydrogen-bond acceptors (Lipinski definition) is 5. The number of nitrogens with zero attached hydrogens (tertiary/aromatic N) is 1. The van der Waals surface area contributed by atoms with Crippen molar-refractivity contribution in [1.82, 2.24) is 4.98 Å². The van der Waals surface area contributed by atoms with Crippen molar-refractivity contribution in [2.45, 2.75) is 20.3 Å². The molecule has 100 valence electrons. The van der Waals surface area contributed by atoms with Crippen molar-refractivity contribution >= 4 is 11.8 Å². The van der Waals surface area contributed by atoms with Crippen molar-refractivity contribution in [3.8, 4) is 0 Å². The van der Waals surface area contributed by atoms with Crippen LogP contribution in [0.1, 0.15) is 30.6 Å². The SMILES string of the molecule is COC(=O)c1ccnc(NCC(C)(C)CCO)c1. The van der Waals surface area contributed by atoms with Crippen LogP contribution in [0.15, 0.2) is 18.3 Å². The second kappa shape index (κ2) is 6.35. The van der Waals surface area contributed by atoms with Crippen LogP contribution in [0.3, 0.4) is 0 Å². The molecule has 0 atom stereocenters. The number of pyridine rings is 1. The third kappa shape index (κ3) is 4.33. The first-order valence-electron chi connectivity index (χ1n) is 5.87. The number of ether oxygens (including phenoxy) is 1. The summed E-state index contributed by atoms with van der Waals surface area (Å²) >= 11 is 0. The smallest absolute Gasteiger partial charge is 0.338 e. The Kier molecular flexibility index (Phi) is 5.09. The van der Waals surface area contributed by atoms with Gasteiger partial charge in [-0.2, -0.15) is 0 Å². The number of anilines is 1. The zero-order chi connectivity index (χ0) is 13.6. The predicted molar refractivity (Wildman–Crippen MR) is 69.6 cm³/mol. The van der Waals surface area contributed by atoms with E-state index < -0.39 is 0 Å². The van der Waals surface area contributed by atoms with E-state index in [-0.39, 0.29) is 18.0 Å². The molecule has 0 aromatic carbocycles. The number of nitrogens with one attached hydrogen (secondary N) is 1. The molecule has 0 unspecified atom stereocenters. The molecule has 0 bridgehead atoms. The minimum atomic E-state index is -0.380. The highest BCUT2D eigenvalue weighted by Gasteiger charge is 2.17. The van der Waals surface area contributed by atoms with Gasteiger partial charge < -0.3 is 15.2 Å². The molecule has 1 rings (SSSR count). The maximum absolute atomic E-state index is 11.4. The largest absolute Gasteiger partial charge is 0.465 e. The molecule has 5 heteroatoms. The number of aliphatic hydroxyl groups excluding tert-OH is 1. The second-order valence-electron chi connectivity index (χ2n) is 4.91. The molecular formula is C13H20N2O3. The first kappa shape index (κ1) is 14.4. The first-order valence-corrected chi connectivity index (χ1v) is 5.87. The molecule has 1 aromatic rings. The van der Waals surface area contributed by atoms with E-state index in [1.165, 1.54) is 7.11 Å². The van der Waals surface area contributed by atoms with Gasteiger partial charge in [0, 0.05) is 19.3 Å². The predicted octanol–water partition coefficient (Wildman–Crippen LogP) is 1.69. The Morgan fingerprint density at radius 3 is 2.89 bits per heavy atom. The number of aliphatic hydroxyl groups is 1. The summed E-state index contributed by atoms with van der Waals surface area (Å²) in [6.07, 6.45) is 2.27. The molecule has 1 aromatic heterocycles. The van der Waals surface area contributed by atoms with Crippen LogP contribution in [0, 0.1) is 5.41 Å². The standard InChI is InChI=1S/C13H20N2O3/c1-13(2,5-7-16)9-15-11-8-10(4-6-14-11)12(17)18-3/h4,6,8,16H,5,7,9H2,1-3H3,(H,14,15). The van der Waals surface area contributed by atoms with Crippen molar-refractivity contribution in [2.75, 3.05) is 25.6 Å². The molecule has 0 saturated heterocycles. The molecule has 5 nitrogen and oxygen atoms in total. The topological polar surface area (TPSA) is 71.5 Å². The lowest BCUT2D eigenvalue weighted by Crippen LogP contribution is -2.24. The third-order valence-corrected chi connectivity index (χ3v) is 2.72. The van der Waals surface area contributed by atoms with Crippen LogP contribution < -0.4 is 5.32 Å². The van der Waals surface area contributed by atoms with Crippen LogP contribution in [0.5, 0.6) is 0 Å². The fourth-order valence-electron chi connectivity index (χ4n) is 1.49. The van der Waals surface area contributed by atoms with Gasteiger partial charge in [0.1, 0.15) is 5.82 Å². The van der Waals surface area contributed by atoms with E-state index in [2.05, 4.69) is 28.9 Å². The van der Waals surface area contributed by atoms with Gasteiger partial charge in [-0.05, 0) is 24.0 Å². The number of esters is 1. The Morgan fingerprint density at radius 1 is 1.56 bits per heavy atom. The van der Waals surface area contributed by atoms with E-state index in [0.29, 0.717) is 24.3 Å². The average molecular weight is 252 g/mol. The van der Waals surface area contributed by atoms with Crippen molar-refractivity contribution in [1.29, 1.82) is 0 Å². The Balaban J connectivity index is 2.65. The Bertz CT molecular complexity index is 405. The van der Waals surface area contributed by atoms with E-state index >= 15 is 0 Å². The highest BCUT2D eigenvalue weighted by molar-refractivity contribution is 5.89. The monoisotopic (exact) mass is 252 g/mol. The van der Waals surface area contributed by atoms with Gasteiger partial charge in [0.05, 0.1) is 12.7 Å². The van der Waals surface area contributed by atoms with Crippen molar-refractivity contribution in [2.24, 2.45) is 5.41 Å². The Morgan fingerprint density at radius 2 is 2.28 bits per heavy atom. The highest BCUT2D eigenvalue weighted by Crippen LogP contribution is 2.20. The molecule has 0 saturated carbocycles. The van der Waals surface area contributed by atoms with Crippen LogP contribution in [-0.4, -0.2) is 36.3 Å². The van der Waals surface area contributed by atoms with E-state index in [1.54, 1.807) is 18.3 Å². The quantitative estimate of drug-likeness (QED) is 0.754. The Hall–Kier alpha value is -1.62. The number of methoxy groups -OCH3 is 1. The molecule has 1 heterocycles. The van der Waals surface area contributed by atoms with Gasteiger partial charge >= 0.3 is 5.97 Å². The lowest BCUT2D eigenvalue weighted by Gasteiger charge is -2.24. The normalized spacial score (nSPS) is 11.1. The van der Waals surface area contributed by atoms with Crippen LogP contribution in [0.4, 0.5) is 5.82 Å². The number of rotatable bonds is 6. The van der Waals surface area contributed by atoms with E-state index in [4.69, 9.17) is 5.11 Å². The summed E-state index contributed by atoms with van der Waals surface area (Å²) in [5.74, 6) is 0.249. The van der Waals surface area contributed by atoms with E-state index in [0.717, 1.165) is 0 Å².